The van der Waals surface area contributed by atoms with Gasteiger partial charge in [-0.3, -0.25) is 39.0 Å². The molecule has 20 nitrogen and oxygen atoms in total. The summed E-state index contributed by atoms with van der Waals surface area (Å²) in [4.78, 5) is 108. The molecule has 0 aliphatic carbocycles. The van der Waals surface area contributed by atoms with E-state index >= 15 is 0 Å². The minimum atomic E-state index is -1.05. The Balaban J connectivity index is 0.774. The molecular weight excluding hydrogens is 801 g/mol. The molecule has 1 unspecified atom stereocenters. The van der Waals surface area contributed by atoms with Crippen molar-refractivity contribution in [2.45, 2.75) is 44.2 Å². The van der Waals surface area contributed by atoms with Gasteiger partial charge >= 0.3 is 6.03 Å². The first-order valence-corrected chi connectivity index (χ1v) is 21.0. The number of aromatic nitrogens is 2. The van der Waals surface area contributed by atoms with Crippen LogP contribution in [0.5, 0.6) is 0 Å². The van der Waals surface area contributed by atoms with Crippen molar-refractivity contribution in [3.63, 3.8) is 0 Å². The van der Waals surface area contributed by atoms with Gasteiger partial charge in [0.05, 0.1) is 43.0 Å². The molecule has 4 fully saturated rings. The number of imide groups is 2. The lowest BCUT2D eigenvalue weighted by molar-refractivity contribution is -0.136. The first kappa shape index (κ1) is 41.9. The molecule has 2 atom stereocenters. The van der Waals surface area contributed by atoms with Gasteiger partial charge in [0.2, 0.25) is 17.7 Å². The van der Waals surface area contributed by atoms with Crippen LogP contribution >= 0.6 is 0 Å². The minimum Gasteiger partial charge on any atom is -0.382 e. The Bertz CT molecular complexity index is 2270. The molecule has 2 aromatic carbocycles. The maximum Gasteiger partial charge on any atom is 0.320 e. The Morgan fingerprint density at radius 3 is 2.42 bits per heavy atom. The largest absolute Gasteiger partial charge is 0.382 e. The molecule has 6 heterocycles. The number of hydrogen-bond donors (Lipinski definition) is 4. The molecule has 4 saturated heterocycles. The van der Waals surface area contributed by atoms with E-state index in [0.29, 0.717) is 69.6 Å². The van der Waals surface area contributed by atoms with Crippen LogP contribution in [0.4, 0.5) is 33.5 Å². The van der Waals surface area contributed by atoms with Gasteiger partial charge in [-0.15, -0.1) is 0 Å². The van der Waals surface area contributed by atoms with E-state index in [0.717, 1.165) is 30.0 Å². The number of ether oxygens (including phenoxy) is 1. The first-order valence-electron chi connectivity index (χ1n) is 21.0. The van der Waals surface area contributed by atoms with Crippen molar-refractivity contribution in [3.05, 3.63) is 65.5 Å². The van der Waals surface area contributed by atoms with E-state index in [-0.39, 0.29) is 73.1 Å². The number of primary amides is 1. The molecule has 326 valence electrons. The van der Waals surface area contributed by atoms with Gasteiger partial charge in [-0.25, -0.2) is 14.8 Å². The highest BCUT2D eigenvalue weighted by molar-refractivity contribution is 6.25. The second kappa shape index (κ2) is 18.0. The summed E-state index contributed by atoms with van der Waals surface area (Å²) >= 11 is 0. The van der Waals surface area contributed by atoms with Crippen molar-refractivity contribution >= 4 is 70.2 Å². The number of urea groups is 1. The van der Waals surface area contributed by atoms with Gasteiger partial charge in [-0.1, -0.05) is 6.07 Å². The number of nitrogens with two attached hydrogens (primary N) is 1. The topological polar surface area (TPSA) is 236 Å². The summed E-state index contributed by atoms with van der Waals surface area (Å²) in [6, 6.07) is 11.6. The van der Waals surface area contributed by atoms with Crippen LogP contribution in [-0.4, -0.2) is 162 Å². The molecule has 20 heteroatoms. The Morgan fingerprint density at radius 1 is 0.903 bits per heavy atom. The molecule has 62 heavy (non-hydrogen) atoms. The molecule has 5 N–H and O–H groups in total. The van der Waals surface area contributed by atoms with E-state index in [4.69, 9.17) is 15.5 Å². The van der Waals surface area contributed by atoms with Gasteiger partial charge in [0, 0.05) is 89.4 Å². The third-order valence-electron chi connectivity index (χ3n) is 12.0. The van der Waals surface area contributed by atoms with Crippen molar-refractivity contribution in [3.8, 4) is 0 Å². The number of benzene rings is 2. The second-order valence-corrected chi connectivity index (χ2v) is 15.9. The molecule has 8 rings (SSSR count). The number of fused-ring (bicyclic) bond motifs is 1. The summed E-state index contributed by atoms with van der Waals surface area (Å²) in [6.07, 6.45) is 3.69. The predicted octanol–water partition coefficient (Wildman–Crippen LogP) is 1.22. The highest BCUT2D eigenvalue weighted by atomic mass is 16.5. The highest BCUT2D eigenvalue weighted by Gasteiger charge is 2.45. The Morgan fingerprint density at radius 2 is 1.69 bits per heavy atom. The molecule has 3 aromatic rings. The number of piperazine rings is 1. The van der Waals surface area contributed by atoms with Crippen LogP contribution in [0.2, 0.25) is 0 Å². The third-order valence-corrected chi connectivity index (χ3v) is 12.0. The average molecular weight is 851 g/mol. The smallest absolute Gasteiger partial charge is 0.320 e. The number of likely N-dealkylation sites (N-methyl/N-ethyl adjacent to an activating group) is 1. The Kier molecular flexibility index (Phi) is 12.2. The summed E-state index contributed by atoms with van der Waals surface area (Å²) in [6.45, 7) is 5.92. The van der Waals surface area contributed by atoms with Crippen LogP contribution in [0.3, 0.4) is 0 Å². The number of anilines is 5. The monoisotopic (exact) mass is 850 g/mol. The van der Waals surface area contributed by atoms with Crippen molar-refractivity contribution in [1.82, 2.24) is 34.9 Å². The van der Waals surface area contributed by atoms with Gasteiger partial charge in [-0.2, -0.15) is 0 Å². The van der Waals surface area contributed by atoms with Crippen molar-refractivity contribution in [2.75, 3.05) is 99.6 Å². The lowest BCUT2D eigenvalue weighted by atomic mass is 10.0. The molecule has 8 amide bonds. The van der Waals surface area contributed by atoms with E-state index in [1.54, 1.807) is 23.2 Å². The molecule has 0 spiro atoms. The van der Waals surface area contributed by atoms with E-state index in [9.17, 15) is 33.6 Å². The number of nitrogens with zero attached hydrogens (tertiary/aromatic N) is 8. The number of amides is 8. The average Bonchev–Trinajstić information content (AvgIpc) is 3.75. The van der Waals surface area contributed by atoms with Crippen LogP contribution in [0, 0.1) is 0 Å². The summed E-state index contributed by atoms with van der Waals surface area (Å²) in [5.74, 6) is -2.13. The number of carbonyl (C=O) groups excluding carboxylic acids is 7. The number of hydrogen-bond acceptors (Lipinski definition) is 14. The van der Waals surface area contributed by atoms with Crippen molar-refractivity contribution in [1.29, 1.82) is 0 Å². The fraction of sp³-hybridized carbons (Fsp3) is 0.452. The summed E-state index contributed by atoms with van der Waals surface area (Å²) in [5.41, 5.74) is 8.18. The van der Waals surface area contributed by atoms with E-state index in [1.165, 1.54) is 6.07 Å². The van der Waals surface area contributed by atoms with Gasteiger partial charge in [0.1, 0.15) is 11.9 Å². The molecule has 0 saturated carbocycles. The number of rotatable bonds is 14. The Hall–Kier alpha value is -6.83. The normalized spacial score (nSPS) is 20.5. The van der Waals surface area contributed by atoms with Crippen LogP contribution in [0.15, 0.2) is 48.7 Å². The summed E-state index contributed by atoms with van der Waals surface area (Å²) < 4.78 is 5.73. The van der Waals surface area contributed by atoms with Crippen molar-refractivity contribution < 1.29 is 38.3 Å². The maximum absolute atomic E-state index is 13.3. The quantitative estimate of drug-likeness (QED) is 0.132. The molecule has 1 aromatic heterocycles. The SMILES string of the molecule is CN1CCN([C@@H]2CCCN(c3cnc(C(N)=O)c(Nc4ccc(N5CCN(C(=O)CCOCCNc6cccc7c6C(=O)N(C6CCC(=O)NC6=O)C7=O)CC5)cc4)n3)C2)C1=O. The number of piperidine rings is 2. The predicted molar refractivity (Wildman–Crippen MR) is 226 cm³/mol. The van der Waals surface area contributed by atoms with Crippen LogP contribution in [-0.2, 0) is 19.1 Å². The van der Waals surface area contributed by atoms with Crippen LogP contribution < -0.4 is 31.5 Å². The zero-order chi connectivity index (χ0) is 43.5. The minimum absolute atomic E-state index is 0.0125. The second-order valence-electron chi connectivity index (χ2n) is 15.9. The number of nitrogens with one attached hydrogen (secondary N) is 3. The fourth-order valence-electron chi connectivity index (χ4n) is 8.67. The lowest BCUT2D eigenvalue weighted by Gasteiger charge is -2.37. The maximum atomic E-state index is 13.3. The zero-order valence-corrected chi connectivity index (χ0v) is 34.5. The highest BCUT2D eigenvalue weighted by Crippen LogP contribution is 2.33. The van der Waals surface area contributed by atoms with Crippen LogP contribution in [0.25, 0.3) is 0 Å². The van der Waals surface area contributed by atoms with Gasteiger partial charge in [0.25, 0.3) is 17.7 Å². The van der Waals surface area contributed by atoms with E-state index in [1.807, 2.05) is 41.1 Å². The van der Waals surface area contributed by atoms with E-state index in [2.05, 4.69) is 30.7 Å². The molecule has 0 bridgehead atoms. The van der Waals surface area contributed by atoms with Crippen molar-refractivity contribution in [2.24, 2.45) is 5.73 Å². The van der Waals surface area contributed by atoms with E-state index < -0.39 is 35.6 Å². The lowest BCUT2D eigenvalue weighted by Crippen LogP contribution is -2.54. The first-order chi connectivity index (χ1) is 30.0. The number of carbonyl (C=O) groups is 7. The molecule has 5 aliphatic heterocycles. The third kappa shape index (κ3) is 8.67. The summed E-state index contributed by atoms with van der Waals surface area (Å²) in [7, 11) is 1.81. The molecular formula is C42H50N12O8. The molecule has 0 radical (unpaired) electrons. The fourth-order valence-corrected chi connectivity index (χ4v) is 8.67. The molecule has 5 aliphatic rings. The summed E-state index contributed by atoms with van der Waals surface area (Å²) in [5, 5.41) is 8.56. The standard InChI is InChI=1S/C42H50N12O8/c1-49-16-21-53(42(49)61)28-4-3-15-52(25-28)32-24-45-36(37(43)57)38(47-32)46-26-7-9-27(10-8-26)50-17-19-51(20-18-50)34(56)13-22-62-23-14-44-30-6-2-5-29-35(30)41(60)54(40(29)59)31-11-12-33(55)48-39(31)58/h2,5-10,24,28,31,44H,3-4,11-23,25H2,1H3,(H2,43,57)(H,46,47)(H,48,55,58)/t28-,31?/m1/s1. The van der Waals surface area contributed by atoms with Gasteiger partial charge in [0.15, 0.2) is 11.5 Å². The zero-order valence-electron chi connectivity index (χ0n) is 34.5. The van der Waals surface area contributed by atoms with Gasteiger partial charge in [-0.05, 0) is 55.7 Å². The Labute approximate surface area is 357 Å². The van der Waals surface area contributed by atoms with Gasteiger partial charge < -0.3 is 45.6 Å². The van der Waals surface area contributed by atoms with Crippen LogP contribution in [0.1, 0.15) is 63.3 Å².